The van der Waals surface area contributed by atoms with Gasteiger partial charge in [0.15, 0.2) is 0 Å². The van der Waals surface area contributed by atoms with E-state index in [1.807, 2.05) is 6.92 Å². The standard InChI is InChI=1S/C19H19ClN4O4S/c1-13-7-9-14(10-8-13)29(26,27)24(2)12-17(25)21-11-18-22-19(23-28-18)15-5-3-4-6-16(15)20/h3-10H,11-12H2,1-2H3,(H,21,25). The highest BCUT2D eigenvalue weighted by Crippen LogP contribution is 2.24. The van der Waals surface area contributed by atoms with Gasteiger partial charge in [0.1, 0.15) is 0 Å². The second-order valence-electron chi connectivity index (χ2n) is 6.34. The number of likely N-dealkylation sites (N-methyl/N-ethyl adjacent to an activating group) is 1. The first-order valence-electron chi connectivity index (χ1n) is 8.64. The number of carbonyl (C=O) groups is 1. The summed E-state index contributed by atoms with van der Waals surface area (Å²) < 4.78 is 31.2. The summed E-state index contributed by atoms with van der Waals surface area (Å²) in [5.41, 5.74) is 1.56. The molecule has 0 atom stereocenters. The third kappa shape index (κ3) is 5.00. The van der Waals surface area contributed by atoms with Gasteiger partial charge >= 0.3 is 0 Å². The van der Waals surface area contributed by atoms with Gasteiger partial charge in [0.05, 0.1) is 23.0 Å². The molecule has 0 saturated heterocycles. The van der Waals surface area contributed by atoms with Crippen molar-refractivity contribution in [2.24, 2.45) is 0 Å². The molecule has 0 radical (unpaired) electrons. The van der Waals surface area contributed by atoms with Gasteiger partial charge in [-0.15, -0.1) is 0 Å². The Labute approximate surface area is 173 Å². The van der Waals surface area contributed by atoms with Crippen LogP contribution in [0.3, 0.4) is 0 Å². The van der Waals surface area contributed by atoms with Gasteiger partial charge in [-0.3, -0.25) is 4.79 Å². The fraction of sp³-hybridized carbons (Fsp3) is 0.211. The number of amides is 1. The fourth-order valence-electron chi connectivity index (χ4n) is 2.49. The van der Waals surface area contributed by atoms with E-state index in [4.69, 9.17) is 16.1 Å². The van der Waals surface area contributed by atoms with Crippen molar-refractivity contribution in [2.45, 2.75) is 18.4 Å². The third-order valence-electron chi connectivity index (χ3n) is 4.12. The van der Waals surface area contributed by atoms with Crippen molar-refractivity contribution in [2.75, 3.05) is 13.6 Å². The summed E-state index contributed by atoms with van der Waals surface area (Å²) in [4.78, 5) is 16.5. The molecular formula is C19H19ClN4O4S. The lowest BCUT2D eigenvalue weighted by Crippen LogP contribution is -2.38. The van der Waals surface area contributed by atoms with Crippen LogP contribution < -0.4 is 5.32 Å². The topological polar surface area (TPSA) is 105 Å². The summed E-state index contributed by atoms with van der Waals surface area (Å²) in [6, 6.07) is 13.5. The average Bonchev–Trinajstić information content (AvgIpc) is 3.16. The van der Waals surface area contributed by atoms with Crippen molar-refractivity contribution in [1.29, 1.82) is 0 Å². The van der Waals surface area contributed by atoms with Gasteiger partial charge in [-0.05, 0) is 31.2 Å². The molecule has 0 fully saturated rings. The molecule has 0 bridgehead atoms. The van der Waals surface area contributed by atoms with Crippen LogP contribution in [0.1, 0.15) is 11.5 Å². The number of benzene rings is 2. The number of hydrogen-bond acceptors (Lipinski definition) is 6. The highest BCUT2D eigenvalue weighted by molar-refractivity contribution is 7.89. The first-order chi connectivity index (χ1) is 13.8. The molecule has 3 rings (SSSR count). The number of aromatic nitrogens is 2. The van der Waals surface area contributed by atoms with Crippen molar-refractivity contribution in [3.63, 3.8) is 0 Å². The summed E-state index contributed by atoms with van der Waals surface area (Å²) in [5, 5.41) is 6.89. The number of carbonyl (C=O) groups excluding carboxylic acids is 1. The molecule has 1 N–H and O–H groups in total. The minimum Gasteiger partial charge on any atom is -0.346 e. The van der Waals surface area contributed by atoms with Crippen LogP contribution in [0.5, 0.6) is 0 Å². The molecule has 1 aromatic heterocycles. The van der Waals surface area contributed by atoms with E-state index in [1.165, 1.54) is 19.2 Å². The Morgan fingerprint density at radius 1 is 1.17 bits per heavy atom. The predicted molar refractivity (Wildman–Crippen MR) is 108 cm³/mol. The van der Waals surface area contributed by atoms with Crippen LogP contribution in [0, 0.1) is 6.92 Å². The zero-order valence-corrected chi connectivity index (χ0v) is 17.4. The van der Waals surface area contributed by atoms with Crippen LogP contribution in [0.25, 0.3) is 11.4 Å². The minimum absolute atomic E-state index is 0.0330. The first-order valence-corrected chi connectivity index (χ1v) is 10.5. The zero-order valence-electron chi connectivity index (χ0n) is 15.8. The molecule has 8 nitrogen and oxygen atoms in total. The van der Waals surface area contributed by atoms with Crippen LogP contribution in [0.15, 0.2) is 57.9 Å². The quantitative estimate of drug-likeness (QED) is 0.612. The monoisotopic (exact) mass is 434 g/mol. The van der Waals surface area contributed by atoms with Crippen LogP contribution in [-0.4, -0.2) is 42.4 Å². The molecule has 152 valence electrons. The van der Waals surface area contributed by atoms with Gasteiger partial charge in [0.25, 0.3) is 0 Å². The number of halogens is 1. The average molecular weight is 435 g/mol. The molecule has 1 amide bonds. The van der Waals surface area contributed by atoms with E-state index >= 15 is 0 Å². The molecule has 1 heterocycles. The van der Waals surface area contributed by atoms with Crippen molar-refractivity contribution >= 4 is 27.5 Å². The smallest absolute Gasteiger partial charge is 0.246 e. The molecule has 3 aromatic rings. The Morgan fingerprint density at radius 2 is 1.86 bits per heavy atom. The summed E-state index contributed by atoms with van der Waals surface area (Å²) >= 11 is 6.10. The maximum atomic E-state index is 12.5. The largest absolute Gasteiger partial charge is 0.346 e. The maximum Gasteiger partial charge on any atom is 0.246 e. The summed E-state index contributed by atoms with van der Waals surface area (Å²) in [7, 11) is -2.42. The van der Waals surface area contributed by atoms with Crippen LogP contribution in [0.2, 0.25) is 5.02 Å². The fourth-order valence-corrected chi connectivity index (χ4v) is 3.83. The lowest BCUT2D eigenvalue weighted by Gasteiger charge is -2.16. The van der Waals surface area contributed by atoms with E-state index in [0.29, 0.717) is 16.4 Å². The van der Waals surface area contributed by atoms with E-state index in [9.17, 15) is 13.2 Å². The Morgan fingerprint density at radius 3 is 2.55 bits per heavy atom. The lowest BCUT2D eigenvalue weighted by molar-refractivity contribution is -0.121. The van der Waals surface area contributed by atoms with Gasteiger partial charge in [0.2, 0.25) is 27.6 Å². The normalized spacial score (nSPS) is 11.6. The Kier molecular flexibility index (Phi) is 6.31. The second-order valence-corrected chi connectivity index (χ2v) is 8.79. The van der Waals surface area contributed by atoms with Crippen molar-refractivity contribution in [1.82, 2.24) is 19.8 Å². The molecule has 0 aliphatic rings. The SMILES string of the molecule is Cc1ccc(S(=O)(=O)N(C)CC(=O)NCc2nc(-c3ccccc3Cl)no2)cc1. The molecule has 0 aliphatic heterocycles. The van der Waals surface area contributed by atoms with E-state index in [1.54, 1.807) is 36.4 Å². The Hall–Kier alpha value is -2.75. The molecular weight excluding hydrogens is 416 g/mol. The van der Waals surface area contributed by atoms with Gasteiger partial charge in [0, 0.05) is 12.6 Å². The van der Waals surface area contributed by atoms with Gasteiger partial charge in [-0.1, -0.05) is 46.6 Å². The maximum absolute atomic E-state index is 12.5. The first kappa shape index (κ1) is 21.0. The zero-order chi connectivity index (χ0) is 21.0. The molecule has 0 spiro atoms. The van der Waals surface area contributed by atoms with Crippen LogP contribution in [0.4, 0.5) is 0 Å². The van der Waals surface area contributed by atoms with E-state index < -0.39 is 15.9 Å². The van der Waals surface area contributed by atoms with Crippen molar-refractivity contribution in [3.05, 3.63) is 65.0 Å². The second kappa shape index (κ2) is 8.73. The van der Waals surface area contributed by atoms with E-state index in [0.717, 1.165) is 9.87 Å². The number of nitrogens with one attached hydrogen (secondary N) is 1. The molecule has 2 aromatic carbocycles. The van der Waals surface area contributed by atoms with Gasteiger partial charge in [-0.25, -0.2) is 8.42 Å². The Bertz CT molecular complexity index is 1110. The predicted octanol–water partition coefficient (Wildman–Crippen LogP) is 2.64. The summed E-state index contributed by atoms with van der Waals surface area (Å²) in [6.45, 7) is 1.48. The lowest BCUT2D eigenvalue weighted by atomic mass is 10.2. The van der Waals surface area contributed by atoms with E-state index in [-0.39, 0.29) is 23.9 Å². The number of aryl methyl sites for hydroxylation is 1. The molecule has 0 unspecified atom stereocenters. The van der Waals surface area contributed by atoms with Gasteiger partial charge < -0.3 is 9.84 Å². The molecule has 10 heteroatoms. The van der Waals surface area contributed by atoms with Gasteiger partial charge in [-0.2, -0.15) is 9.29 Å². The van der Waals surface area contributed by atoms with Crippen LogP contribution in [-0.2, 0) is 21.4 Å². The highest BCUT2D eigenvalue weighted by Gasteiger charge is 2.23. The highest BCUT2D eigenvalue weighted by atomic mass is 35.5. The number of nitrogens with zero attached hydrogens (tertiary/aromatic N) is 3. The molecule has 29 heavy (non-hydrogen) atoms. The number of sulfonamides is 1. The molecule has 0 aliphatic carbocycles. The van der Waals surface area contributed by atoms with Crippen LogP contribution >= 0.6 is 11.6 Å². The number of hydrogen-bond donors (Lipinski definition) is 1. The summed E-state index contributed by atoms with van der Waals surface area (Å²) in [5.74, 6) is -0.0167. The Balaban J connectivity index is 1.59. The molecule has 0 saturated carbocycles. The number of rotatable bonds is 7. The van der Waals surface area contributed by atoms with Crippen molar-refractivity contribution < 1.29 is 17.7 Å². The minimum atomic E-state index is -3.76. The third-order valence-corrected chi connectivity index (χ3v) is 6.26. The van der Waals surface area contributed by atoms with Crippen molar-refractivity contribution in [3.8, 4) is 11.4 Å². The van der Waals surface area contributed by atoms with E-state index in [2.05, 4.69) is 15.5 Å². The summed E-state index contributed by atoms with van der Waals surface area (Å²) in [6.07, 6.45) is 0.